The molecular weight excluding hydrogens is 206 g/mol. The van der Waals surface area contributed by atoms with Gasteiger partial charge in [0.15, 0.2) is 0 Å². The van der Waals surface area contributed by atoms with Gasteiger partial charge in [0, 0.05) is 13.1 Å². The topological polar surface area (TPSA) is 60.8 Å². The van der Waals surface area contributed by atoms with E-state index in [0.29, 0.717) is 19.5 Å². The van der Waals surface area contributed by atoms with Gasteiger partial charge >= 0.3 is 5.97 Å². The molecule has 0 aliphatic carbocycles. The first-order valence-corrected chi connectivity index (χ1v) is 6.06. The standard InChI is InChI=1S/C12H23NO3/c1-4-10(14)7-13-6-5-12(8-13,9(2)3)11(15)16/h9-10,14H,4-8H2,1-3H3,(H,15,16). The summed E-state index contributed by atoms with van der Waals surface area (Å²) in [5.74, 6) is -0.565. The Kier molecular flexibility index (Phi) is 4.33. The molecule has 0 aromatic carbocycles. The highest BCUT2D eigenvalue weighted by molar-refractivity contribution is 5.75. The summed E-state index contributed by atoms with van der Waals surface area (Å²) in [4.78, 5) is 13.4. The molecule has 1 fully saturated rings. The lowest BCUT2D eigenvalue weighted by Gasteiger charge is -2.29. The van der Waals surface area contributed by atoms with Crippen molar-refractivity contribution in [2.45, 2.75) is 39.7 Å². The van der Waals surface area contributed by atoms with E-state index in [1.165, 1.54) is 0 Å². The van der Waals surface area contributed by atoms with E-state index in [1.807, 2.05) is 20.8 Å². The van der Waals surface area contributed by atoms with Crippen molar-refractivity contribution in [2.75, 3.05) is 19.6 Å². The number of hydrogen-bond acceptors (Lipinski definition) is 3. The molecule has 0 saturated carbocycles. The zero-order valence-corrected chi connectivity index (χ0v) is 10.4. The number of aliphatic hydroxyl groups is 1. The summed E-state index contributed by atoms with van der Waals surface area (Å²) in [6, 6.07) is 0. The Morgan fingerprint density at radius 1 is 1.50 bits per heavy atom. The highest BCUT2D eigenvalue weighted by atomic mass is 16.4. The van der Waals surface area contributed by atoms with Crippen molar-refractivity contribution in [3.05, 3.63) is 0 Å². The van der Waals surface area contributed by atoms with Crippen LogP contribution in [0.3, 0.4) is 0 Å². The van der Waals surface area contributed by atoms with Crippen LogP contribution in [0.1, 0.15) is 33.6 Å². The monoisotopic (exact) mass is 229 g/mol. The predicted molar refractivity (Wildman–Crippen MR) is 62.3 cm³/mol. The second-order valence-electron chi connectivity index (χ2n) is 5.16. The fourth-order valence-electron chi connectivity index (χ4n) is 2.39. The second-order valence-corrected chi connectivity index (χ2v) is 5.16. The molecule has 16 heavy (non-hydrogen) atoms. The summed E-state index contributed by atoms with van der Waals surface area (Å²) in [5, 5.41) is 18.9. The van der Waals surface area contributed by atoms with Gasteiger partial charge in [0.05, 0.1) is 11.5 Å². The number of nitrogens with zero attached hydrogens (tertiary/aromatic N) is 1. The predicted octanol–water partition coefficient (Wildman–Crippen LogP) is 1.19. The fourth-order valence-corrected chi connectivity index (χ4v) is 2.39. The first kappa shape index (κ1) is 13.5. The molecule has 0 aromatic rings. The van der Waals surface area contributed by atoms with Gasteiger partial charge in [-0.3, -0.25) is 9.69 Å². The normalized spacial score (nSPS) is 28.6. The van der Waals surface area contributed by atoms with Gasteiger partial charge in [0.25, 0.3) is 0 Å². The molecule has 4 nitrogen and oxygen atoms in total. The van der Waals surface area contributed by atoms with E-state index in [-0.39, 0.29) is 12.0 Å². The smallest absolute Gasteiger partial charge is 0.311 e. The highest BCUT2D eigenvalue weighted by Crippen LogP contribution is 2.38. The number of β-amino-alcohol motifs (C(OH)–C–C–N with tert-alkyl or cyclic N) is 1. The summed E-state index contributed by atoms with van der Waals surface area (Å²) < 4.78 is 0. The Balaban J connectivity index is 2.64. The SMILES string of the molecule is CCC(O)CN1CCC(C(=O)O)(C(C)C)C1. The van der Waals surface area contributed by atoms with Crippen LogP contribution in [0.25, 0.3) is 0 Å². The largest absolute Gasteiger partial charge is 0.481 e. The van der Waals surface area contributed by atoms with Crippen molar-refractivity contribution >= 4 is 5.97 Å². The van der Waals surface area contributed by atoms with Gasteiger partial charge in [-0.05, 0) is 25.3 Å². The first-order valence-electron chi connectivity index (χ1n) is 6.06. The third-order valence-corrected chi connectivity index (χ3v) is 3.85. The lowest BCUT2D eigenvalue weighted by atomic mass is 9.76. The molecule has 4 heteroatoms. The van der Waals surface area contributed by atoms with Crippen LogP contribution in [0.5, 0.6) is 0 Å². The Morgan fingerprint density at radius 2 is 2.12 bits per heavy atom. The lowest BCUT2D eigenvalue weighted by molar-refractivity contribution is -0.151. The number of aliphatic carboxylic acids is 1. The Labute approximate surface area is 97.3 Å². The maximum absolute atomic E-state index is 11.4. The molecule has 1 aliphatic heterocycles. The van der Waals surface area contributed by atoms with Gasteiger partial charge in [0.2, 0.25) is 0 Å². The van der Waals surface area contributed by atoms with Gasteiger partial charge in [-0.1, -0.05) is 20.8 Å². The molecule has 0 spiro atoms. The quantitative estimate of drug-likeness (QED) is 0.743. The van der Waals surface area contributed by atoms with Gasteiger partial charge in [-0.15, -0.1) is 0 Å². The molecule has 1 heterocycles. The van der Waals surface area contributed by atoms with Gasteiger partial charge in [-0.2, -0.15) is 0 Å². The molecule has 0 aromatic heterocycles. The summed E-state index contributed by atoms with van der Waals surface area (Å²) >= 11 is 0. The molecule has 2 N–H and O–H groups in total. The number of likely N-dealkylation sites (tertiary alicyclic amines) is 1. The summed E-state index contributed by atoms with van der Waals surface area (Å²) in [5.41, 5.74) is -0.618. The molecule has 94 valence electrons. The number of hydrogen-bond donors (Lipinski definition) is 2. The van der Waals surface area contributed by atoms with Crippen molar-refractivity contribution in [1.29, 1.82) is 0 Å². The van der Waals surface area contributed by atoms with Crippen LogP contribution in [0.4, 0.5) is 0 Å². The average molecular weight is 229 g/mol. The Morgan fingerprint density at radius 3 is 2.50 bits per heavy atom. The zero-order chi connectivity index (χ0) is 12.3. The zero-order valence-electron chi connectivity index (χ0n) is 10.4. The van der Waals surface area contributed by atoms with Crippen LogP contribution in [0, 0.1) is 11.3 Å². The third-order valence-electron chi connectivity index (χ3n) is 3.85. The Bertz CT molecular complexity index is 255. The van der Waals surface area contributed by atoms with Gasteiger partial charge < -0.3 is 10.2 Å². The van der Waals surface area contributed by atoms with Gasteiger partial charge in [0.1, 0.15) is 0 Å². The van der Waals surface area contributed by atoms with E-state index in [0.717, 1.165) is 13.0 Å². The average Bonchev–Trinajstić information content (AvgIpc) is 2.63. The summed E-state index contributed by atoms with van der Waals surface area (Å²) in [6.07, 6.45) is 1.08. The van der Waals surface area contributed by atoms with Crippen molar-refractivity contribution in [2.24, 2.45) is 11.3 Å². The molecule has 0 bridgehead atoms. The molecule has 0 radical (unpaired) electrons. The van der Waals surface area contributed by atoms with E-state index < -0.39 is 11.4 Å². The summed E-state index contributed by atoms with van der Waals surface area (Å²) in [6.45, 7) is 7.81. The molecule has 2 unspecified atom stereocenters. The minimum absolute atomic E-state index is 0.133. The van der Waals surface area contributed by atoms with Crippen LogP contribution in [-0.2, 0) is 4.79 Å². The minimum atomic E-state index is -0.698. The van der Waals surface area contributed by atoms with Crippen LogP contribution in [-0.4, -0.2) is 46.8 Å². The van der Waals surface area contributed by atoms with Crippen LogP contribution in [0.15, 0.2) is 0 Å². The van der Waals surface area contributed by atoms with Crippen LogP contribution in [0.2, 0.25) is 0 Å². The van der Waals surface area contributed by atoms with Crippen LogP contribution >= 0.6 is 0 Å². The van der Waals surface area contributed by atoms with Crippen LogP contribution < -0.4 is 0 Å². The van der Waals surface area contributed by atoms with Crippen molar-refractivity contribution in [1.82, 2.24) is 4.90 Å². The molecule has 2 atom stereocenters. The maximum Gasteiger partial charge on any atom is 0.311 e. The Hall–Kier alpha value is -0.610. The van der Waals surface area contributed by atoms with Crippen molar-refractivity contribution in [3.8, 4) is 0 Å². The maximum atomic E-state index is 11.4. The minimum Gasteiger partial charge on any atom is -0.481 e. The number of rotatable bonds is 5. The van der Waals surface area contributed by atoms with E-state index in [9.17, 15) is 15.0 Å². The van der Waals surface area contributed by atoms with E-state index in [2.05, 4.69) is 4.90 Å². The molecule has 1 rings (SSSR count). The molecular formula is C12H23NO3. The molecule has 1 saturated heterocycles. The van der Waals surface area contributed by atoms with E-state index in [1.54, 1.807) is 0 Å². The number of carboxylic acids is 1. The fraction of sp³-hybridized carbons (Fsp3) is 0.917. The number of carboxylic acid groups (broad SMARTS) is 1. The molecule has 1 aliphatic rings. The van der Waals surface area contributed by atoms with Crippen molar-refractivity contribution < 1.29 is 15.0 Å². The van der Waals surface area contributed by atoms with E-state index >= 15 is 0 Å². The number of aliphatic hydroxyl groups excluding tert-OH is 1. The highest BCUT2D eigenvalue weighted by Gasteiger charge is 2.47. The number of carbonyl (C=O) groups is 1. The summed E-state index contributed by atoms with van der Waals surface area (Å²) in [7, 11) is 0. The van der Waals surface area contributed by atoms with E-state index in [4.69, 9.17) is 0 Å². The van der Waals surface area contributed by atoms with Crippen molar-refractivity contribution in [3.63, 3.8) is 0 Å². The van der Waals surface area contributed by atoms with Gasteiger partial charge in [-0.25, -0.2) is 0 Å². The second kappa shape index (κ2) is 5.15. The third kappa shape index (κ3) is 2.55. The lowest BCUT2D eigenvalue weighted by Crippen LogP contribution is -2.40. The molecule has 0 amide bonds. The first-order chi connectivity index (χ1) is 7.42.